The maximum Gasteiger partial charge on any atom is 0.202 e. The van der Waals surface area contributed by atoms with Crippen molar-refractivity contribution in [3.8, 4) is 17.2 Å². The average molecular weight is 606 g/mol. The number of aliphatic hydroxyl groups is 2. The van der Waals surface area contributed by atoms with Gasteiger partial charge in [-0.2, -0.15) is 0 Å². The Balaban J connectivity index is 1.69. The molecule has 6 atom stereocenters. The minimum Gasteiger partial charge on any atom is -0.507 e. The number of phenols is 2. The highest BCUT2D eigenvalue weighted by atomic mass is 79.9. The largest absolute Gasteiger partial charge is 0.507 e. The van der Waals surface area contributed by atoms with E-state index in [1.165, 1.54) is 25.3 Å². The number of benzene rings is 2. The number of carbonyl (C=O) groups is 3. The molecule has 39 heavy (non-hydrogen) atoms. The van der Waals surface area contributed by atoms with Gasteiger partial charge in [-0.3, -0.25) is 14.4 Å². The number of ether oxygens (including phenoxy) is 3. The molecule has 0 bridgehead atoms. The standard InChI is InChI=1S/C27H28BrNO10/c1-10-22(31)13(29)6-17(38-10)39-15-8-27(36,16(30)9-28)7-12-19(15)26(35)21-20(24(12)33)23(32)11-4-3-5-14(37-2)18(11)25(21)34/h3-5,10,13,15,17,22,31,33,35-36H,6-9,29H2,1-2H3/t10?,13?,15-,17?,22?,27?/m0/s1. The van der Waals surface area contributed by atoms with Crippen molar-refractivity contribution in [3.05, 3.63) is 51.6 Å². The Labute approximate surface area is 231 Å². The van der Waals surface area contributed by atoms with E-state index in [1.54, 1.807) is 6.92 Å². The molecular weight excluding hydrogens is 578 g/mol. The van der Waals surface area contributed by atoms with E-state index in [2.05, 4.69) is 15.9 Å². The predicted molar refractivity (Wildman–Crippen MR) is 138 cm³/mol. The Morgan fingerprint density at radius 2 is 1.87 bits per heavy atom. The van der Waals surface area contributed by atoms with Gasteiger partial charge in [-0.15, -0.1) is 0 Å². The van der Waals surface area contributed by atoms with E-state index in [4.69, 9.17) is 19.9 Å². The van der Waals surface area contributed by atoms with Crippen LogP contribution >= 0.6 is 15.9 Å². The van der Waals surface area contributed by atoms with Gasteiger partial charge < -0.3 is 40.4 Å². The molecule has 1 fully saturated rings. The summed E-state index contributed by atoms with van der Waals surface area (Å²) in [6.45, 7) is 1.61. The van der Waals surface area contributed by atoms with Crippen molar-refractivity contribution >= 4 is 33.3 Å². The van der Waals surface area contributed by atoms with Crippen LogP contribution in [0.2, 0.25) is 0 Å². The number of aliphatic hydroxyl groups excluding tert-OH is 1. The third-order valence-corrected chi connectivity index (χ3v) is 8.29. The number of methoxy groups -OCH3 is 1. The number of aromatic hydroxyl groups is 2. The minimum atomic E-state index is -2.04. The maximum atomic E-state index is 13.7. The molecule has 0 spiro atoms. The van der Waals surface area contributed by atoms with E-state index in [-0.39, 0.29) is 46.2 Å². The molecule has 2 aromatic rings. The molecule has 1 heterocycles. The molecule has 0 radical (unpaired) electrons. The number of alkyl halides is 1. The summed E-state index contributed by atoms with van der Waals surface area (Å²) in [5.74, 6) is -3.20. The predicted octanol–water partition coefficient (Wildman–Crippen LogP) is 1.40. The van der Waals surface area contributed by atoms with Gasteiger partial charge in [0.2, 0.25) is 5.78 Å². The van der Waals surface area contributed by atoms with Crippen LogP contribution in [0.25, 0.3) is 0 Å². The lowest BCUT2D eigenvalue weighted by Gasteiger charge is -2.42. The van der Waals surface area contributed by atoms with Crippen LogP contribution < -0.4 is 10.5 Å². The first-order valence-corrected chi connectivity index (χ1v) is 13.5. The number of phenolic OH excluding ortho intramolecular Hbond substituents is 2. The summed E-state index contributed by atoms with van der Waals surface area (Å²) >= 11 is 3.07. The van der Waals surface area contributed by atoms with Crippen molar-refractivity contribution < 1.29 is 49.0 Å². The zero-order chi connectivity index (χ0) is 28.4. The van der Waals surface area contributed by atoms with Gasteiger partial charge in [0, 0.05) is 42.0 Å². The van der Waals surface area contributed by atoms with Crippen LogP contribution in [0.5, 0.6) is 17.2 Å². The smallest absolute Gasteiger partial charge is 0.202 e. The highest BCUT2D eigenvalue weighted by Gasteiger charge is 2.50. The maximum absolute atomic E-state index is 13.7. The van der Waals surface area contributed by atoms with E-state index in [0.29, 0.717) is 0 Å². The Bertz CT molecular complexity index is 1380. The van der Waals surface area contributed by atoms with Crippen molar-refractivity contribution in [2.75, 3.05) is 12.4 Å². The number of fused-ring (bicyclic) bond motifs is 3. The first kappa shape index (κ1) is 27.7. The molecule has 6 N–H and O–H groups in total. The van der Waals surface area contributed by atoms with Crippen LogP contribution in [0.15, 0.2) is 18.2 Å². The molecule has 11 nitrogen and oxygen atoms in total. The van der Waals surface area contributed by atoms with Crippen molar-refractivity contribution in [2.45, 2.75) is 62.4 Å². The van der Waals surface area contributed by atoms with Crippen LogP contribution in [-0.4, -0.2) is 80.4 Å². The fourth-order valence-corrected chi connectivity index (χ4v) is 6.25. The van der Waals surface area contributed by atoms with Crippen molar-refractivity contribution in [3.63, 3.8) is 0 Å². The second kappa shape index (κ2) is 9.95. The van der Waals surface area contributed by atoms with Crippen molar-refractivity contribution in [1.82, 2.24) is 0 Å². The SMILES string of the molecule is COc1cccc2c1C(=O)c1c(O)c3c(c(O)c1C2=O)CC(O)(C(=O)CBr)C[C@@H]3OC1CC(N)C(O)C(C)O1. The number of rotatable bonds is 5. The normalized spacial score (nSPS) is 29.8. The topological polar surface area (TPSA) is 186 Å². The van der Waals surface area contributed by atoms with Gasteiger partial charge in [0.15, 0.2) is 17.9 Å². The second-order valence-electron chi connectivity index (χ2n) is 10.1. The lowest BCUT2D eigenvalue weighted by Crippen LogP contribution is -2.52. The Kier molecular flexibility index (Phi) is 7.06. The molecule has 3 aliphatic rings. The summed E-state index contributed by atoms with van der Waals surface area (Å²) in [6, 6.07) is 3.74. The van der Waals surface area contributed by atoms with E-state index in [9.17, 15) is 34.8 Å². The molecule has 2 aliphatic carbocycles. The molecule has 0 aromatic heterocycles. The van der Waals surface area contributed by atoms with E-state index in [0.717, 1.165) is 0 Å². The summed E-state index contributed by atoms with van der Waals surface area (Å²) in [4.78, 5) is 40.0. The highest BCUT2D eigenvalue weighted by molar-refractivity contribution is 9.09. The van der Waals surface area contributed by atoms with Gasteiger partial charge in [0.25, 0.3) is 0 Å². The lowest BCUT2D eigenvalue weighted by atomic mass is 9.72. The summed E-state index contributed by atoms with van der Waals surface area (Å²) in [6.07, 6.45) is -4.62. The lowest BCUT2D eigenvalue weighted by molar-refractivity contribution is -0.247. The number of nitrogens with two attached hydrogens (primary N) is 1. The van der Waals surface area contributed by atoms with Crippen LogP contribution in [0.1, 0.15) is 68.8 Å². The van der Waals surface area contributed by atoms with E-state index < -0.39 is 82.6 Å². The van der Waals surface area contributed by atoms with Gasteiger partial charge in [0.05, 0.1) is 47.4 Å². The van der Waals surface area contributed by atoms with E-state index >= 15 is 0 Å². The third-order valence-electron chi connectivity index (χ3n) is 7.78. The quantitative estimate of drug-likeness (QED) is 0.209. The van der Waals surface area contributed by atoms with Gasteiger partial charge >= 0.3 is 0 Å². The molecular formula is C27H28BrNO10. The third kappa shape index (κ3) is 4.26. The zero-order valence-corrected chi connectivity index (χ0v) is 22.7. The van der Waals surface area contributed by atoms with Crippen LogP contribution in [0.3, 0.4) is 0 Å². The number of hydrogen-bond donors (Lipinski definition) is 5. The Morgan fingerprint density at radius 1 is 1.18 bits per heavy atom. The average Bonchev–Trinajstić information content (AvgIpc) is 2.90. The van der Waals surface area contributed by atoms with Crippen molar-refractivity contribution in [2.24, 2.45) is 5.73 Å². The van der Waals surface area contributed by atoms with Gasteiger partial charge in [0.1, 0.15) is 22.8 Å². The molecule has 0 amide bonds. The summed E-state index contributed by atoms with van der Waals surface area (Å²) in [7, 11) is 1.34. The second-order valence-corrected chi connectivity index (χ2v) is 10.7. The number of ketones is 3. The molecule has 0 saturated carbocycles. The first-order chi connectivity index (χ1) is 18.4. The molecule has 2 aromatic carbocycles. The molecule has 5 unspecified atom stereocenters. The molecule has 12 heteroatoms. The van der Waals surface area contributed by atoms with Gasteiger partial charge in [-0.1, -0.05) is 28.1 Å². The number of carbonyl (C=O) groups excluding carboxylic acids is 3. The summed E-state index contributed by atoms with van der Waals surface area (Å²) in [5.41, 5.74) is 2.91. The first-order valence-electron chi connectivity index (χ1n) is 12.4. The fourth-order valence-electron chi connectivity index (χ4n) is 5.73. The van der Waals surface area contributed by atoms with Crippen LogP contribution in [0.4, 0.5) is 0 Å². The molecule has 5 rings (SSSR count). The van der Waals surface area contributed by atoms with E-state index in [1.807, 2.05) is 0 Å². The molecule has 1 saturated heterocycles. The zero-order valence-electron chi connectivity index (χ0n) is 21.1. The van der Waals surface area contributed by atoms with Crippen molar-refractivity contribution in [1.29, 1.82) is 0 Å². The number of halogens is 1. The Hall–Kier alpha value is -2.87. The number of hydrogen-bond acceptors (Lipinski definition) is 11. The monoisotopic (exact) mass is 605 g/mol. The summed E-state index contributed by atoms with van der Waals surface area (Å²) in [5, 5.41) is 44.2. The molecule has 1 aliphatic heterocycles. The van der Waals surface area contributed by atoms with Gasteiger partial charge in [-0.25, -0.2) is 0 Å². The molecule has 208 valence electrons. The van der Waals surface area contributed by atoms with Crippen LogP contribution in [0, 0.1) is 0 Å². The summed E-state index contributed by atoms with van der Waals surface area (Å²) < 4.78 is 17.1. The minimum absolute atomic E-state index is 0.0194. The Morgan fingerprint density at radius 3 is 2.51 bits per heavy atom. The highest BCUT2D eigenvalue weighted by Crippen LogP contribution is 2.52. The van der Waals surface area contributed by atoms with Gasteiger partial charge in [-0.05, 0) is 13.0 Å². The fraction of sp³-hybridized carbons (Fsp3) is 0.444. The number of Topliss-reactive ketones (excluding diaryl/α,β-unsaturated/α-hetero) is 1. The van der Waals surface area contributed by atoms with Crippen LogP contribution in [-0.2, 0) is 20.7 Å².